The van der Waals surface area contributed by atoms with Crippen LogP contribution in [0.1, 0.15) is 16.7 Å². The zero-order valence-corrected chi connectivity index (χ0v) is 22.5. The van der Waals surface area contributed by atoms with Crippen LogP contribution in [0.4, 0.5) is 0 Å². The maximum atomic E-state index is 6.12. The van der Waals surface area contributed by atoms with Crippen molar-refractivity contribution in [1.82, 2.24) is 0 Å². The van der Waals surface area contributed by atoms with Crippen LogP contribution in [-0.2, 0) is 25.8 Å². The van der Waals surface area contributed by atoms with Crippen molar-refractivity contribution in [3.8, 4) is 34.3 Å². The van der Waals surface area contributed by atoms with E-state index in [2.05, 4.69) is 41.1 Å². The molecule has 1 aromatic heterocycles. The molecule has 0 N–H and O–H groups in total. The molecule has 0 spiro atoms. The average Bonchev–Trinajstić information content (AvgIpc) is 3.32. The van der Waals surface area contributed by atoms with E-state index in [1.54, 1.807) is 14.2 Å². The van der Waals surface area contributed by atoms with Gasteiger partial charge < -0.3 is 42.9 Å². The quantitative estimate of drug-likeness (QED) is 0.261. The Hall–Kier alpha value is -2.71. The molecule has 3 heterocycles. The Bertz CT molecular complexity index is 1420. The molecule has 0 fully saturated rings. The molecule has 0 aliphatic carbocycles. The highest BCUT2D eigenvalue weighted by Gasteiger charge is 2.32. The molecule has 0 radical (unpaired) electrons. The molecule has 6 rings (SSSR count). The zero-order chi connectivity index (χ0) is 23.2. The van der Waals surface area contributed by atoms with E-state index in [1.807, 2.05) is 18.2 Å². The molecule has 4 aromatic rings. The van der Waals surface area contributed by atoms with E-state index >= 15 is 0 Å². The molecule has 3 aromatic carbocycles. The van der Waals surface area contributed by atoms with E-state index in [-0.39, 0.29) is 30.8 Å². The first kappa shape index (κ1) is 24.0. The summed E-state index contributed by atoms with van der Waals surface area (Å²) in [5.74, 6) is 3.14. The van der Waals surface area contributed by atoms with Gasteiger partial charge >= 0.3 is 0 Å². The predicted octanol–water partition coefficient (Wildman–Crippen LogP) is 2.54. The molecular weight excluding hydrogens is 577 g/mol. The van der Waals surface area contributed by atoms with Gasteiger partial charge in [-0.3, -0.25) is 0 Å². The number of hydrogen-bond acceptors (Lipinski definition) is 4. The third kappa shape index (κ3) is 4.16. The lowest BCUT2D eigenvalue weighted by atomic mass is 9.89. The van der Waals surface area contributed by atoms with Gasteiger partial charge in [-0.1, -0.05) is 23.7 Å². The van der Waals surface area contributed by atoms with E-state index in [0.717, 1.165) is 59.2 Å². The number of benzene rings is 3. The Kier molecular flexibility index (Phi) is 6.68. The van der Waals surface area contributed by atoms with Crippen LogP contribution in [0, 0.1) is 0 Å². The summed E-state index contributed by atoms with van der Waals surface area (Å²) in [6.45, 7) is 1.16. The molecule has 2 aliphatic heterocycles. The maximum absolute atomic E-state index is 6.12. The molecule has 7 heteroatoms. The zero-order valence-electron chi connectivity index (χ0n) is 19.6. The first-order valence-corrected chi connectivity index (χ1v) is 11.8. The summed E-state index contributed by atoms with van der Waals surface area (Å²) in [6.07, 6.45) is 4.90. The summed E-state index contributed by atoms with van der Waals surface area (Å²) in [5, 5.41) is 2.98. The van der Waals surface area contributed by atoms with E-state index < -0.39 is 0 Å². The minimum absolute atomic E-state index is 0. The second-order valence-electron chi connectivity index (χ2n) is 8.65. The first-order chi connectivity index (χ1) is 16.7. The molecule has 0 saturated heterocycles. The van der Waals surface area contributed by atoms with Crippen molar-refractivity contribution in [2.45, 2.75) is 25.8 Å². The number of nitrogens with zero attached hydrogens (tertiary/aromatic N) is 1. The van der Waals surface area contributed by atoms with Gasteiger partial charge in [0.15, 0.2) is 35.7 Å². The smallest absolute Gasteiger partial charge is 0.231 e. The predicted molar refractivity (Wildman–Crippen MR) is 131 cm³/mol. The number of hydrogen-bond donors (Lipinski definition) is 0. The Morgan fingerprint density at radius 1 is 0.914 bits per heavy atom. The van der Waals surface area contributed by atoms with Crippen molar-refractivity contribution in [2.24, 2.45) is 0 Å². The van der Waals surface area contributed by atoms with Gasteiger partial charge in [-0.05, 0) is 60.4 Å². The van der Waals surface area contributed by atoms with Crippen molar-refractivity contribution < 1.29 is 47.5 Å². The minimum atomic E-state index is 0. The number of methoxy groups -OCH3 is 2. The highest BCUT2D eigenvalue weighted by atomic mass is 127. The second kappa shape index (κ2) is 9.74. The van der Waals surface area contributed by atoms with Crippen molar-refractivity contribution in [3.05, 3.63) is 76.4 Å². The molecule has 5 nitrogen and oxygen atoms in total. The van der Waals surface area contributed by atoms with Crippen molar-refractivity contribution >= 4 is 22.4 Å². The van der Waals surface area contributed by atoms with Crippen molar-refractivity contribution in [3.63, 3.8) is 0 Å². The molecule has 35 heavy (non-hydrogen) atoms. The number of pyridine rings is 1. The van der Waals surface area contributed by atoms with Crippen LogP contribution in [0.5, 0.6) is 23.0 Å². The fourth-order valence-electron chi connectivity index (χ4n) is 5.18. The third-order valence-corrected chi connectivity index (χ3v) is 7.07. The monoisotopic (exact) mass is 601 g/mol. The number of fused-ring (bicyclic) bond motifs is 5. The van der Waals surface area contributed by atoms with Crippen LogP contribution < -0.4 is 47.5 Å². The summed E-state index contributed by atoms with van der Waals surface area (Å²) in [5.41, 5.74) is 6.26. The van der Waals surface area contributed by atoms with Crippen LogP contribution in [0.2, 0.25) is 5.02 Å². The number of halogens is 2. The van der Waals surface area contributed by atoms with Gasteiger partial charge in [0.25, 0.3) is 0 Å². The Morgan fingerprint density at radius 3 is 2.43 bits per heavy atom. The van der Waals surface area contributed by atoms with Gasteiger partial charge in [-0.2, -0.15) is 4.57 Å². The normalized spacial score (nSPS) is 13.1. The Balaban J connectivity index is 0.00000253. The van der Waals surface area contributed by atoms with Crippen LogP contribution >= 0.6 is 11.6 Å². The van der Waals surface area contributed by atoms with Crippen molar-refractivity contribution in [2.75, 3.05) is 21.0 Å². The van der Waals surface area contributed by atoms with Gasteiger partial charge in [-0.25, -0.2) is 0 Å². The molecule has 0 bridgehead atoms. The van der Waals surface area contributed by atoms with Crippen LogP contribution in [0.25, 0.3) is 22.0 Å². The highest BCUT2D eigenvalue weighted by Crippen LogP contribution is 2.43. The van der Waals surface area contributed by atoms with E-state index in [0.29, 0.717) is 0 Å². The molecule has 0 atom stereocenters. The summed E-state index contributed by atoms with van der Waals surface area (Å²) in [6, 6.07) is 16.5. The fourth-order valence-corrected chi connectivity index (χ4v) is 5.31. The Labute approximate surface area is 226 Å². The SMILES string of the molecule is COc1ccc2c(CCc3ccc(Cl)cc3)c3[n+](cc2c1OC)CCc1cc2c(cc1-3)OCO2.[I-]. The lowest BCUT2D eigenvalue weighted by Crippen LogP contribution is -3.00. The van der Waals surface area contributed by atoms with Gasteiger partial charge in [0.1, 0.15) is 0 Å². The standard InChI is InChI=1S/C28H25ClNO4.HI/c1-31-24-10-9-20-21(8-5-17-3-6-19(29)7-4-17)27-22-14-26-25(33-16-34-26)13-18(22)11-12-30(27)15-23(20)28(24)32-2;/h3-4,6-7,9-10,13-15H,5,8,11-12,16H2,1-2H3;1H/q+1;/p-1. The van der Waals surface area contributed by atoms with Crippen LogP contribution in [0.3, 0.4) is 0 Å². The highest BCUT2D eigenvalue weighted by molar-refractivity contribution is 6.30. The molecule has 180 valence electrons. The van der Waals surface area contributed by atoms with Gasteiger partial charge in [0, 0.05) is 22.4 Å². The first-order valence-electron chi connectivity index (χ1n) is 11.4. The molecule has 2 aliphatic rings. The molecule has 0 saturated carbocycles. The van der Waals surface area contributed by atoms with E-state index in [9.17, 15) is 0 Å². The summed E-state index contributed by atoms with van der Waals surface area (Å²) < 4.78 is 25.2. The molecule has 0 unspecified atom stereocenters. The number of aryl methyl sites for hydroxylation is 4. The number of ether oxygens (including phenoxy) is 4. The maximum Gasteiger partial charge on any atom is 0.231 e. The fraction of sp³-hybridized carbons (Fsp3) is 0.250. The third-order valence-electron chi connectivity index (χ3n) is 6.82. The summed E-state index contributed by atoms with van der Waals surface area (Å²) in [7, 11) is 3.38. The lowest BCUT2D eigenvalue weighted by molar-refractivity contribution is -0.686. The lowest BCUT2D eigenvalue weighted by Gasteiger charge is -2.21. The molecule has 0 amide bonds. The second-order valence-corrected chi connectivity index (χ2v) is 9.09. The largest absolute Gasteiger partial charge is 1.00 e. The minimum Gasteiger partial charge on any atom is -1.00 e. The topological polar surface area (TPSA) is 40.8 Å². The van der Waals surface area contributed by atoms with E-state index in [4.69, 9.17) is 30.5 Å². The van der Waals surface area contributed by atoms with Gasteiger partial charge in [0.2, 0.25) is 12.5 Å². The summed E-state index contributed by atoms with van der Waals surface area (Å²) in [4.78, 5) is 0. The van der Waals surface area contributed by atoms with E-state index in [1.165, 1.54) is 33.3 Å². The number of rotatable bonds is 5. The van der Waals surface area contributed by atoms with Crippen molar-refractivity contribution in [1.29, 1.82) is 0 Å². The number of aromatic nitrogens is 1. The summed E-state index contributed by atoms with van der Waals surface area (Å²) >= 11 is 6.12. The Morgan fingerprint density at radius 2 is 1.69 bits per heavy atom. The van der Waals surface area contributed by atoms with Crippen LogP contribution in [-0.4, -0.2) is 21.0 Å². The average molecular weight is 602 g/mol. The molecular formula is C28H25ClINO4. The van der Waals surface area contributed by atoms with Gasteiger partial charge in [-0.15, -0.1) is 0 Å². The van der Waals surface area contributed by atoms with Crippen LogP contribution in [0.15, 0.2) is 54.7 Å². The van der Waals surface area contributed by atoms with Gasteiger partial charge in [0.05, 0.1) is 25.2 Å².